The van der Waals surface area contributed by atoms with Gasteiger partial charge >= 0.3 is 5.56 Å². The van der Waals surface area contributed by atoms with Gasteiger partial charge in [-0.1, -0.05) is 35.5 Å². The Morgan fingerprint density at radius 3 is 2.67 bits per heavy atom. The molecule has 4 aromatic rings. The summed E-state index contributed by atoms with van der Waals surface area (Å²) in [5.41, 5.74) is 0.832. The smallest absolute Gasteiger partial charge is 0.279 e. The third kappa shape index (κ3) is 3.45. The van der Waals surface area contributed by atoms with Crippen molar-refractivity contribution in [1.29, 1.82) is 0 Å². The highest BCUT2D eigenvalue weighted by Gasteiger charge is 2.13. The second kappa shape index (κ2) is 7.13. The lowest BCUT2D eigenvalue weighted by Gasteiger charge is -2.07. The molecular weight excluding hydrogens is 394 g/mol. The van der Waals surface area contributed by atoms with E-state index in [2.05, 4.69) is 10.2 Å². The Kier molecular flexibility index (Phi) is 4.67. The molecule has 0 saturated carbocycles. The van der Waals surface area contributed by atoms with Crippen molar-refractivity contribution >= 4 is 29.0 Å². The Balaban J connectivity index is 1.67. The van der Waals surface area contributed by atoms with E-state index < -0.39 is 17.2 Å². The number of fused-ring (bicyclic) bond motifs is 1. The summed E-state index contributed by atoms with van der Waals surface area (Å²) in [5, 5.41) is 9.18. The highest BCUT2D eigenvalue weighted by atomic mass is 35.5. The molecule has 0 aliphatic carbocycles. The molecule has 9 heteroatoms. The maximum atomic E-state index is 13.5. The summed E-state index contributed by atoms with van der Waals surface area (Å²) in [6.45, 7) is 0. The largest absolute Gasteiger partial charge is 0.300 e. The van der Waals surface area contributed by atoms with Crippen molar-refractivity contribution < 1.29 is 8.78 Å². The van der Waals surface area contributed by atoms with Gasteiger partial charge in [-0.2, -0.15) is 0 Å². The van der Waals surface area contributed by atoms with Gasteiger partial charge in [-0.15, -0.1) is 10.2 Å². The molecule has 2 heterocycles. The van der Waals surface area contributed by atoms with Crippen molar-refractivity contribution in [2.24, 2.45) is 0 Å². The van der Waals surface area contributed by atoms with E-state index in [4.69, 9.17) is 11.6 Å². The van der Waals surface area contributed by atoms with Crippen molar-refractivity contribution in [3.63, 3.8) is 0 Å². The van der Waals surface area contributed by atoms with Crippen LogP contribution in [0.4, 0.5) is 8.78 Å². The summed E-state index contributed by atoms with van der Waals surface area (Å²) in [7, 11) is 0. The van der Waals surface area contributed by atoms with Gasteiger partial charge in [0.25, 0.3) is 0 Å². The minimum Gasteiger partial charge on any atom is -0.279 e. The van der Waals surface area contributed by atoms with Crippen LogP contribution in [0.1, 0.15) is 5.56 Å². The van der Waals surface area contributed by atoms with Crippen LogP contribution in [0.15, 0.2) is 64.8 Å². The lowest BCUT2D eigenvalue weighted by atomic mass is 10.2. The first-order valence-electron chi connectivity index (χ1n) is 7.82. The number of benzene rings is 2. The number of halogens is 3. The van der Waals surface area contributed by atoms with Crippen LogP contribution in [0.5, 0.6) is 0 Å². The van der Waals surface area contributed by atoms with E-state index in [0.29, 0.717) is 15.9 Å². The number of nitrogens with zero attached hydrogens (tertiary/aromatic N) is 4. The van der Waals surface area contributed by atoms with Gasteiger partial charge in [0.1, 0.15) is 0 Å². The molecule has 0 aliphatic heterocycles. The molecule has 0 fully saturated rings. The molecule has 0 bridgehead atoms. The molecule has 0 spiro atoms. The second-order valence-corrected chi connectivity index (χ2v) is 7.05. The maximum Gasteiger partial charge on any atom is 0.300 e. The van der Waals surface area contributed by atoms with Crippen molar-refractivity contribution in [3.8, 4) is 5.69 Å². The van der Waals surface area contributed by atoms with E-state index in [1.165, 1.54) is 28.6 Å². The summed E-state index contributed by atoms with van der Waals surface area (Å²) in [6.07, 6.45) is 3.08. The monoisotopic (exact) mass is 404 g/mol. The highest BCUT2D eigenvalue weighted by Crippen LogP contribution is 2.23. The van der Waals surface area contributed by atoms with Crippen LogP contribution in [0, 0.1) is 11.6 Å². The molecule has 0 N–H and O–H groups in total. The zero-order valence-electron chi connectivity index (χ0n) is 13.6. The molecule has 136 valence electrons. The molecule has 4 rings (SSSR count). The van der Waals surface area contributed by atoms with Crippen LogP contribution in [-0.4, -0.2) is 19.2 Å². The Bertz CT molecular complexity index is 1210. The molecule has 0 amide bonds. The Morgan fingerprint density at radius 1 is 1.04 bits per heavy atom. The average molecular weight is 405 g/mol. The Labute approximate surface area is 161 Å². The van der Waals surface area contributed by atoms with Gasteiger partial charge < -0.3 is 0 Å². The summed E-state index contributed by atoms with van der Waals surface area (Å²) >= 11 is 7.39. The number of hydrogen-bond donors (Lipinski definition) is 0. The van der Waals surface area contributed by atoms with Gasteiger partial charge in [0.2, 0.25) is 5.65 Å². The zero-order chi connectivity index (χ0) is 19.0. The van der Waals surface area contributed by atoms with Crippen LogP contribution in [0.25, 0.3) is 11.3 Å². The molecule has 2 aromatic carbocycles. The molecular formula is C18H11ClF2N4OS. The third-order valence-corrected chi connectivity index (χ3v) is 5.13. The standard InChI is InChI=1S/C18H11ClF2N4OS/c19-12-3-1-2-11(8-12)10-27-18-23-22-16-17(26)24(6-7-25(16)18)13-4-5-14(20)15(21)9-13/h1-9H,10H2. The number of hydrogen-bond acceptors (Lipinski definition) is 4. The van der Waals surface area contributed by atoms with Crippen molar-refractivity contribution in [3.05, 3.63) is 87.4 Å². The van der Waals surface area contributed by atoms with Crippen LogP contribution < -0.4 is 5.56 Å². The number of aromatic nitrogens is 4. The lowest BCUT2D eigenvalue weighted by molar-refractivity contribution is 0.508. The molecule has 0 aliphatic rings. The van der Waals surface area contributed by atoms with E-state index in [-0.39, 0.29) is 11.3 Å². The van der Waals surface area contributed by atoms with E-state index in [9.17, 15) is 13.6 Å². The predicted molar refractivity (Wildman–Crippen MR) is 99.5 cm³/mol. The van der Waals surface area contributed by atoms with E-state index in [1.54, 1.807) is 16.7 Å². The second-order valence-electron chi connectivity index (χ2n) is 5.67. The van der Waals surface area contributed by atoms with Gasteiger partial charge in [0, 0.05) is 29.2 Å². The Morgan fingerprint density at radius 2 is 1.89 bits per heavy atom. The van der Waals surface area contributed by atoms with E-state index in [1.807, 2.05) is 18.2 Å². The number of rotatable bonds is 4. The highest BCUT2D eigenvalue weighted by molar-refractivity contribution is 7.98. The fourth-order valence-electron chi connectivity index (χ4n) is 2.58. The molecule has 0 radical (unpaired) electrons. The van der Waals surface area contributed by atoms with Crippen molar-refractivity contribution in [2.75, 3.05) is 0 Å². The van der Waals surface area contributed by atoms with Crippen LogP contribution in [0.3, 0.4) is 0 Å². The van der Waals surface area contributed by atoms with Gasteiger partial charge in [-0.3, -0.25) is 13.8 Å². The number of thioether (sulfide) groups is 1. The molecule has 2 aromatic heterocycles. The average Bonchev–Trinajstić information content (AvgIpc) is 3.07. The summed E-state index contributed by atoms with van der Waals surface area (Å²) in [4.78, 5) is 12.7. The van der Waals surface area contributed by atoms with Crippen molar-refractivity contribution in [1.82, 2.24) is 19.2 Å². The maximum absolute atomic E-state index is 13.5. The normalized spacial score (nSPS) is 11.2. The first-order valence-corrected chi connectivity index (χ1v) is 9.18. The van der Waals surface area contributed by atoms with E-state index >= 15 is 0 Å². The first-order chi connectivity index (χ1) is 13.0. The SMILES string of the molecule is O=c1c2nnc(SCc3cccc(Cl)c3)n2ccn1-c1ccc(F)c(F)c1. The third-order valence-electron chi connectivity index (χ3n) is 3.88. The topological polar surface area (TPSA) is 52.2 Å². The fourth-order valence-corrected chi connectivity index (χ4v) is 3.65. The molecule has 27 heavy (non-hydrogen) atoms. The van der Waals surface area contributed by atoms with Crippen molar-refractivity contribution in [2.45, 2.75) is 10.9 Å². The van der Waals surface area contributed by atoms with Gasteiger partial charge in [0.15, 0.2) is 16.8 Å². The predicted octanol–water partition coefficient (Wildman–Crippen LogP) is 4.10. The molecule has 0 atom stereocenters. The molecule has 5 nitrogen and oxygen atoms in total. The van der Waals surface area contributed by atoms with Crippen LogP contribution in [-0.2, 0) is 5.75 Å². The van der Waals surface area contributed by atoms with Gasteiger partial charge in [0.05, 0.1) is 5.69 Å². The van der Waals surface area contributed by atoms with E-state index in [0.717, 1.165) is 17.7 Å². The fraction of sp³-hybridized carbons (Fsp3) is 0.0556. The van der Waals surface area contributed by atoms with Crippen LogP contribution in [0.2, 0.25) is 5.02 Å². The molecule has 0 saturated heterocycles. The molecule has 0 unspecified atom stereocenters. The first kappa shape index (κ1) is 17.7. The Hall–Kier alpha value is -2.71. The quantitative estimate of drug-likeness (QED) is 0.480. The van der Waals surface area contributed by atoms with Gasteiger partial charge in [-0.25, -0.2) is 8.78 Å². The summed E-state index contributed by atoms with van der Waals surface area (Å²) in [5.74, 6) is -1.40. The summed E-state index contributed by atoms with van der Waals surface area (Å²) < 4.78 is 29.3. The lowest BCUT2D eigenvalue weighted by Crippen LogP contribution is -2.20. The zero-order valence-corrected chi connectivity index (χ0v) is 15.2. The van der Waals surface area contributed by atoms with Crippen LogP contribution >= 0.6 is 23.4 Å². The minimum absolute atomic E-state index is 0.0934. The minimum atomic E-state index is -1.03. The van der Waals surface area contributed by atoms with Gasteiger partial charge in [-0.05, 0) is 29.8 Å². The summed E-state index contributed by atoms with van der Waals surface area (Å²) in [6, 6.07) is 10.7.